The molecule has 1 amide bonds. The first-order valence-electron chi connectivity index (χ1n) is 9.78. The van der Waals surface area contributed by atoms with Crippen LogP contribution in [0.4, 0.5) is 0 Å². The molecule has 148 valence electrons. The lowest BCUT2D eigenvalue weighted by Gasteiger charge is -2.36. The number of nitrogens with zero attached hydrogens (tertiary/aromatic N) is 2. The minimum absolute atomic E-state index is 0.0832. The van der Waals surface area contributed by atoms with Crippen LogP contribution >= 0.6 is 0 Å². The van der Waals surface area contributed by atoms with Gasteiger partial charge in [-0.15, -0.1) is 0 Å². The van der Waals surface area contributed by atoms with E-state index in [1.54, 1.807) is 38.4 Å². The summed E-state index contributed by atoms with van der Waals surface area (Å²) in [7, 11) is 3.41. The molecule has 5 nitrogen and oxygen atoms in total. The summed E-state index contributed by atoms with van der Waals surface area (Å²) in [5, 5.41) is 9.83. The van der Waals surface area contributed by atoms with Gasteiger partial charge in [0.15, 0.2) is 0 Å². The fraction of sp³-hybridized carbons (Fsp3) is 0.391. The molecule has 1 fully saturated rings. The van der Waals surface area contributed by atoms with Crippen molar-refractivity contribution in [2.75, 3.05) is 27.2 Å². The molecule has 5 heteroatoms. The summed E-state index contributed by atoms with van der Waals surface area (Å²) in [6.07, 6.45) is 3.04. The number of piperidine rings is 1. The highest BCUT2D eigenvalue weighted by Crippen LogP contribution is 2.29. The van der Waals surface area contributed by atoms with E-state index in [-0.39, 0.29) is 5.91 Å². The molecular formula is C23H28N2O3. The summed E-state index contributed by atoms with van der Waals surface area (Å²) in [6, 6.07) is 16.8. The van der Waals surface area contributed by atoms with Gasteiger partial charge in [-0.1, -0.05) is 42.5 Å². The van der Waals surface area contributed by atoms with E-state index < -0.39 is 12.0 Å². The number of carbonyl (C=O) groups excluding carboxylic acids is 1. The maximum atomic E-state index is 12.0. The number of carboxylic acid groups (broad SMARTS) is 1. The number of aliphatic carboxylic acids is 1. The molecule has 0 radical (unpaired) electrons. The smallest absolute Gasteiger partial charge is 0.325 e. The maximum absolute atomic E-state index is 12.0. The first-order valence-corrected chi connectivity index (χ1v) is 9.78. The Morgan fingerprint density at radius 3 is 2.18 bits per heavy atom. The Bertz CT molecular complexity index is 794. The second kappa shape index (κ2) is 9.02. The minimum Gasteiger partial charge on any atom is -0.480 e. The van der Waals surface area contributed by atoms with Crippen molar-refractivity contribution in [2.24, 2.45) is 5.92 Å². The number of benzene rings is 2. The van der Waals surface area contributed by atoms with Crippen LogP contribution in [0.3, 0.4) is 0 Å². The highest BCUT2D eigenvalue weighted by molar-refractivity contribution is 5.94. The van der Waals surface area contributed by atoms with E-state index in [2.05, 4.69) is 24.3 Å². The standard InChI is InChI=1S/C23H28N2O3/c1-24(2)22(26)20-10-8-19(9-11-20)21(23(27)28)25-14-12-18(13-15-25)16-17-6-4-3-5-7-17/h3-11,18,21H,12-16H2,1-2H3,(H,27,28)/t21-/m1/s1. The second-order valence-electron chi connectivity index (χ2n) is 7.73. The lowest BCUT2D eigenvalue weighted by molar-refractivity contribution is -0.144. The Balaban J connectivity index is 1.65. The molecule has 1 saturated heterocycles. The van der Waals surface area contributed by atoms with Crippen molar-refractivity contribution in [1.29, 1.82) is 0 Å². The minimum atomic E-state index is -0.840. The molecule has 0 spiro atoms. The van der Waals surface area contributed by atoms with E-state index >= 15 is 0 Å². The van der Waals surface area contributed by atoms with Crippen LogP contribution in [0.15, 0.2) is 54.6 Å². The van der Waals surface area contributed by atoms with Gasteiger partial charge in [0.2, 0.25) is 0 Å². The molecule has 0 aliphatic carbocycles. The third-order valence-electron chi connectivity index (χ3n) is 5.49. The monoisotopic (exact) mass is 380 g/mol. The summed E-state index contributed by atoms with van der Waals surface area (Å²) in [4.78, 5) is 27.6. The van der Waals surface area contributed by atoms with E-state index in [1.807, 2.05) is 11.0 Å². The molecule has 0 saturated carbocycles. The Morgan fingerprint density at radius 1 is 1.04 bits per heavy atom. The number of rotatable bonds is 6. The van der Waals surface area contributed by atoms with Gasteiger partial charge >= 0.3 is 5.97 Å². The fourth-order valence-electron chi connectivity index (χ4n) is 3.94. The molecule has 1 aliphatic rings. The summed E-state index contributed by atoms with van der Waals surface area (Å²) in [6.45, 7) is 1.54. The van der Waals surface area contributed by atoms with Crippen LogP contribution in [-0.2, 0) is 11.2 Å². The van der Waals surface area contributed by atoms with Crippen LogP contribution in [0.1, 0.15) is 40.4 Å². The zero-order valence-electron chi connectivity index (χ0n) is 16.5. The van der Waals surface area contributed by atoms with Crippen molar-refractivity contribution in [3.05, 3.63) is 71.3 Å². The van der Waals surface area contributed by atoms with Gasteiger partial charge in [-0.25, -0.2) is 0 Å². The average molecular weight is 380 g/mol. The molecular weight excluding hydrogens is 352 g/mol. The number of amides is 1. The molecule has 0 bridgehead atoms. The Hall–Kier alpha value is -2.66. The normalized spacial score (nSPS) is 16.5. The van der Waals surface area contributed by atoms with Gasteiger partial charge in [-0.3, -0.25) is 14.5 Å². The average Bonchev–Trinajstić information content (AvgIpc) is 2.70. The first kappa shape index (κ1) is 20.1. The van der Waals surface area contributed by atoms with Gasteiger partial charge in [0.05, 0.1) is 0 Å². The molecule has 0 unspecified atom stereocenters. The van der Waals surface area contributed by atoms with E-state index in [0.717, 1.165) is 37.9 Å². The van der Waals surface area contributed by atoms with Crippen molar-refractivity contribution in [3.63, 3.8) is 0 Å². The van der Waals surface area contributed by atoms with Crippen LogP contribution in [0.25, 0.3) is 0 Å². The predicted molar refractivity (Wildman–Crippen MR) is 109 cm³/mol. The number of carboxylic acids is 1. The van der Waals surface area contributed by atoms with Crippen LogP contribution in [0, 0.1) is 5.92 Å². The lowest BCUT2D eigenvalue weighted by Crippen LogP contribution is -2.40. The molecule has 2 aromatic carbocycles. The molecule has 2 aromatic rings. The van der Waals surface area contributed by atoms with Crippen LogP contribution in [0.5, 0.6) is 0 Å². The fourth-order valence-corrected chi connectivity index (χ4v) is 3.94. The number of carbonyl (C=O) groups is 2. The summed E-state index contributed by atoms with van der Waals surface area (Å²) in [5.74, 6) is -0.332. The molecule has 1 N–H and O–H groups in total. The second-order valence-corrected chi connectivity index (χ2v) is 7.73. The van der Waals surface area contributed by atoms with E-state index in [9.17, 15) is 14.7 Å². The number of hydrogen-bond donors (Lipinski definition) is 1. The van der Waals surface area contributed by atoms with Crippen LogP contribution in [-0.4, -0.2) is 54.0 Å². The van der Waals surface area contributed by atoms with Crippen molar-refractivity contribution in [3.8, 4) is 0 Å². The van der Waals surface area contributed by atoms with Gasteiger partial charge in [0.1, 0.15) is 6.04 Å². The van der Waals surface area contributed by atoms with Gasteiger partial charge < -0.3 is 10.0 Å². The maximum Gasteiger partial charge on any atom is 0.325 e. The third-order valence-corrected chi connectivity index (χ3v) is 5.49. The molecule has 0 aromatic heterocycles. The van der Waals surface area contributed by atoms with E-state index in [1.165, 1.54) is 10.5 Å². The molecule has 1 atom stereocenters. The molecule has 28 heavy (non-hydrogen) atoms. The molecule has 1 aliphatic heterocycles. The predicted octanol–water partition coefficient (Wildman–Crippen LogP) is 3.47. The molecule has 1 heterocycles. The number of likely N-dealkylation sites (tertiary alicyclic amines) is 1. The van der Waals surface area contributed by atoms with Crippen molar-refractivity contribution in [2.45, 2.75) is 25.3 Å². The Labute approximate surface area is 166 Å². The summed E-state index contributed by atoms with van der Waals surface area (Å²) < 4.78 is 0. The third kappa shape index (κ3) is 4.78. The summed E-state index contributed by atoms with van der Waals surface area (Å²) in [5.41, 5.74) is 2.64. The highest BCUT2D eigenvalue weighted by atomic mass is 16.4. The van der Waals surface area contributed by atoms with E-state index in [0.29, 0.717) is 11.5 Å². The summed E-state index contributed by atoms with van der Waals surface area (Å²) >= 11 is 0. The first-order chi connectivity index (χ1) is 13.5. The van der Waals surface area contributed by atoms with Gasteiger partial charge in [-0.05, 0) is 61.5 Å². The zero-order valence-corrected chi connectivity index (χ0v) is 16.5. The SMILES string of the molecule is CN(C)C(=O)c1ccc([C@H](C(=O)O)N2CCC(Cc3ccccc3)CC2)cc1. The Morgan fingerprint density at radius 2 is 1.64 bits per heavy atom. The van der Waals surface area contributed by atoms with Crippen molar-refractivity contribution in [1.82, 2.24) is 9.80 Å². The Kier molecular flexibility index (Phi) is 6.47. The van der Waals surface area contributed by atoms with Crippen molar-refractivity contribution < 1.29 is 14.7 Å². The van der Waals surface area contributed by atoms with Crippen LogP contribution < -0.4 is 0 Å². The zero-order chi connectivity index (χ0) is 20.1. The topological polar surface area (TPSA) is 60.9 Å². The number of hydrogen-bond acceptors (Lipinski definition) is 3. The van der Waals surface area contributed by atoms with Gasteiger partial charge in [0, 0.05) is 19.7 Å². The quantitative estimate of drug-likeness (QED) is 0.834. The van der Waals surface area contributed by atoms with Crippen molar-refractivity contribution >= 4 is 11.9 Å². The van der Waals surface area contributed by atoms with Crippen LogP contribution in [0.2, 0.25) is 0 Å². The van der Waals surface area contributed by atoms with Gasteiger partial charge in [0.25, 0.3) is 5.91 Å². The van der Waals surface area contributed by atoms with Gasteiger partial charge in [-0.2, -0.15) is 0 Å². The van der Waals surface area contributed by atoms with E-state index in [4.69, 9.17) is 0 Å². The molecule has 3 rings (SSSR count). The highest BCUT2D eigenvalue weighted by Gasteiger charge is 2.31. The lowest BCUT2D eigenvalue weighted by atomic mass is 9.89. The largest absolute Gasteiger partial charge is 0.480 e.